The van der Waals surface area contributed by atoms with Crippen LogP contribution in [0.1, 0.15) is 25.0 Å². The molecule has 0 atom stereocenters. The van der Waals surface area contributed by atoms with E-state index in [4.69, 9.17) is 10.5 Å². The highest BCUT2D eigenvalue weighted by atomic mass is 16.5. The van der Waals surface area contributed by atoms with Gasteiger partial charge in [0.05, 0.1) is 7.11 Å². The molecule has 0 heterocycles. The van der Waals surface area contributed by atoms with Gasteiger partial charge in [0.15, 0.2) is 0 Å². The number of ether oxygens (including phenoxy) is 1. The maximum Gasteiger partial charge on any atom is 0.241 e. The van der Waals surface area contributed by atoms with Crippen molar-refractivity contribution in [3.8, 4) is 5.75 Å². The van der Waals surface area contributed by atoms with Crippen LogP contribution in [0.15, 0.2) is 24.3 Å². The first kappa shape index (κ1) is 15.2. The van der Waals surface area contributed by atoms with Crippen LogP contribution in [-0.4, -0.2) is 31.0 Å². The van der Waals surface area contributed by atoms with E-state index in [-0.39, 0.29) is 0 Å². The van der Waals surface area contributed by atoms with Crippen molar-refractivity contribution in [2.24, 2.45) is 5.73 Å². The average molecular weight is 262 g/mol. The zero-order valence-corrected chi connectivity index (χ0v) is 11.8. The van der Waals surface area contributed by atoms with E-state index in [0.717, 1.165) is 36.5 Å². The standard InChI is InChI=1S/C15H22N2O2/c1-4-17(5-2)11-13-10-12(7-9-15(16)18)6-8-14(13)19-3/h6-10H,4-5,11H2,1-3H3,(H2,16,18)/b9-7-. The number of benzene rings is 1. The second-order valence-electron chi connectivity index (χ2n) is 4.27. The van der Waals surface area contributed by atoms with Crippen LogP contribution in [0.4, 0.5) is 0 Å². The molecule has 4 heteroatoms. The summed E-state index contributed by atoms with van der Waals surface area (Å²) in [5.41, 5.74) is 7.15. The second-order valence-corrected chi connectivity index (χ2v) is 4.27. The Balaban J connectivity index is 2.98. The van der Waals surface area contributed by atoms with Gasteiger partial charge < -0.3 is 10.5 Å². The van der Waals surface area contributed by atoms with Crippen molar-refractivity contribution in [3.05, 3.63) is 35.4 Å². The number of amides is 1. The molecule has 1 aromatic rings. The number of primary amides is 1. The van der Waals surface area contributed by atoms with Crippen molar-refractivity contribution >= 4 is 12.0 Å². The second kappa shape index (κ2) is 7.59. The normalized spacial score (nSPS) is 11.2. The Bertz CT molecular complexity index is 451. The first-order chi connectivity index (χ1) is 9.10. The molecule has 0 radical (unpaired) electrons. The van der Waals surface area contributed by atoms with Gasteiger partial charge in [-0.3, -0.25) is 9.69 Å². The van der Waals surface area contributed by atoms with Gasteiger partial charge >= 0.3 is 0 Å². The zero-order valence-electron chi connectivity index (χ0n) is 11.8. The minimum atomic E-state index is -0.443. The summed E-state index contributed by atoms with van der Waals surface area (Å²) in [5.74, 6) is 0.421. The lowest BCUT2D eigenvalue weighted by molar-refractivity contribution is -0.113. The van der Waals surface area contributed by atoms with Gasteiger partial charge in [0.25, 0.3) is 0 Å². The molecule has 0 aliphatic rings. The third-order valence-electron chi connectivity index (χ3n) is 3.03. The lowest BCUT2D eigenvalue weighted by Gasteiger charge is -2.20. The maximum atomic E-state index is 10.8. The Morgan fingerprint density at radius 2 is 2.05 bits per heavy atom. The van der Waals surface area contributed by atoms with Gasteiger partial charge in [0.1, 0.15) is 5.75 Å². The molecule has 0 unspecified atom stereocenters. The van der Waals surface area contributed by atoms with E-state index in [1.807, 2.05) is 18.2 Å². The van der Waals surface area contributed by atoms with E-state index in [9.17, 15) is 4.79 Å². The molecule has 0 aliphatic heterocycles. The van der Waals surface area contributed by atoms with Gasteiger partial charge in [0, 0.05) is 18.2 Å². The fourth-order valence-electron chi connectivity index (χ4n) is 1.89. The molecule has 104 valence electrons. The monoisotopic (exact) mass is 262 g/mol. The molecular weight excluding hydrogens is 240 g/mol. The van der Waals surface area contributed by atoms with E-state index in [1.165, 1.54) is 6.08 Å². The molecule has 0 spiro atoms. The van der Waals surface area contributed by atoms with Crippen LogP contribution in [-0.2, 0) is 11.3 Å². The third kappa shape index (κ3) is 4.75. The Morgan fingerprint density at radius 3 is 2.58 bits per heavy atom. The highest BCUT2D eigenvalue weighted by Crippen LogP contribution is 2.22. The third-order valence-corrected chi connectivity index (χ3v) is 3.03. The maximum absolute atomic E-state index is 10.8. The average Bonchev–Trinajstić information content (AvgIpc) is 2.42. The summed E-state index contributed by atoms with van der Waals surface area (Å²) in [7, 11) is 1.67. The van der Waals surface area contributed by atoms with Crippen LogP contribution in [0.5, 0.6) is 5.75 Å². The molecule has 4 nitrogen and oxygen atoms in total. The Morgan fingerprint density at radius 1 is 1.37 bits per heavy atom. The topological polar surface area (TPSA) is 55.6 Å². The number of carbonyl (C=O) groups is 1. The molecule has 0 aromatic heterocycles. The summed E-state index contributed by atoms with van der Waals surface area (Å²) in [6, 6.07) is 5.85. The predicted octanol–water partition coefficient (Wildman–Crippen LogP) is 2.04. The van der Waals surface area contributed by atoms with Crippen molar-refractivity contribution in [2.75, 3.05) is 20.2 Å². The van der Waals surface area contributed by atoms with Gasteiger partial charge in [-0.05, 0) is 36.9 Å². The van der Waals surface area contributed by atoms with Gasteiger partial charge in [0.2, 0.25) is 5.91 Å². The van der Waals surface area contributed by atoms with Crippen molar-refractivity contribution in [1.82, 2.24) is 4.90 Å². The lowest BCUT2D eigenvalue weighted by Crippen LogP contribution is -2.22. The minimum absolute atomic E-state index is 0.443. The summed E-state index contributed by atoms with van der Waals surface area (Å²) in [4.78, 5) is 13.1. The number of hydrogen-bond donors (Lipinski definition) is 1. The largest absolute Gasteiger partial charge is 0.496 e. The smallest absolute Gasteiger partial charge is 0.241 e. The molecule has 0 saturated carbocycles. The number of hydrogen-bond acceptors (Lipinski definition) is 3. The van der Waals surface area contributed by atoms with E-state index in [2.05, 4.69) is 18.7 Å². The molecule has 0 aliphatic carbocycles. The van der Waals surface area contributed by atoms with Crippen LogP contribution in [0.25, 0.3) is 6.08 Å². The van der Waals surface area contributed by atoms with E-state index >= 15 is 0 Å². The summed E-state index contributed by atoms with van der Waals surface area (Å²) in [6.07, 6.45) is 3.08. The van der Waals surface area contributed by atoms with Gasteiger partial charge in [-0.1, -0.05) is 19.9 Å². The van der Waals surface area contributed by atoms with Gasteiger partial charge in [-0.25, -0.2) is 0 Å². The quantitative estimate of drug-likeness (QED) is 0.765. The Kier molecular flexibility index (Phi) is 6.09. The molecule has 1 aromatic carbocycles. The van der Waals surface area contributed by atoms with Crippen LogP contribution < -0.4 is 10.5 Å². The number of nitrogens with two attached hydrogens (primary N) is 1. The molecular formula is C15H22N2O2. The summed E-state index contributed by atoms with van der Waals surface area (Å²) < 4.78 is 5.37. The fraction of sp³-hybridized carbons (Fsp3) is 0.400. The highest BCUT2D eigenvalue weighted by molar-refractivity contribution is 5.90. The number of carbonyl (C=O) groups excluding carboxylic acids is 1. The van der Waals surface area contributed by atoms with Crippen LogP contribution in [0, 0.1) is 0 Å². The van der Waals surface area contributed by atoms with Crippen molar-refractivity contribution < 1.29 is 9.53 Å². The summed E-state index contributed by atoms with van der Waals surface area (Å²) in [6.45, 7) is 7.07. The molecule has 19 heavy (non-hydrogen) atoms. The number of nitrogens with zero attached hydrogens (tertiary/aromatic N) is 1. The highest BCUT2D eigenvalue weighted by Gasteiger charge is 2.07. The van der Waals surface area contributed by atoms with Crippen LogP contribution in [0.3, 0.4) is 0 Å². The first-order valence-corrected chi connectivity index (χ1v) is 6.47. The van der Waals surface area contributed by atoms with Crippen molar-refractivity contribution in [3.63, 3.8) is 0 Å². The van der Waals surface area contributed by atoms with E-state index in [1.54, 1.807) is 13.2 Å². The van der Waals surface area contributed by atoms with Crippen LogP contribution >= 0.6 is 0 Å². The predicted molar refractivity (Wildman–Crippen MR) is 77.8 cm³/mol. The van der Waals surface area contributed by atoms with Crippen LogP contribution in [0.2, 0.25) is 0 Å². The molecule has 0 bridgehead atoms. The zero-order chi connectivity index (χ0) is 14.3. The lowest BCUT2D eigenvalue weighted by atomic mass is 10.1. The van der Waals surface area contributed by atoms with E-state index < -0.39 is 5.91 Å². The number of rotatable bonds is 7. The molecule has 1 amide bonds. The SMILES string of the molecule is CCN(CC)Cc1cc(/C=C\C(N)=O)ccc1OC. The summed E-state index contributed by atoms with van der Waals surface area (Å²) in [5, 5.41) is 0. The van der Waals surface area contributed by atoms with Gasteiger partial charge in [-0.15, -0.1) is 0 Å². The molecule has 0 fully saturated rings. The molecule has 1 rings (SSSR count). The van der Waals surface area contributed by atoms with Crippen molar-refractivity contribution in [2.45, 2.75) is 20.4 Å². The summed E-state index contributed by atoms with van der Waals surface area (Å²) >= 11 is 0. The van der Waals surface area contributed by atoms with Crippen molar-refractivity contribution in [1.29, 1.82) is 0 Å². The molecule has 2 N–H and O–H groups in total. The Hall–Kier alpha value is -1.81. The van der Waals surface area contributed by atoms with E-state index in [0.29, 0.717) is 0 Å². The van der Waals surface area contributed by atoms with Gasteiger partial charge in [-0.2, -0.15) is 0 Å². The first-order valence-electron chi connectivity index (χ1n) is 6.47. The number of methoxy groups -OCH3 is 1. The minimum Gasteiger partial charge on any atom is -0.496 e. The Labute approximate surface area is 114 Å². The fourth-order valence-corrected chi connectivity index (χ4v) is 1.89. The molecule has 0 saturated heterocycles.